The number of Topliss-reactive ketones (excluding diaryl/α,β-unsaturated/α-hetero) is 1. The number of nitrogens with zero attached hydrogens (tertiary/aromatic N) is 1. The van der Waals surface area contributed by atoms with Crippen LogP contribution in [0.5, 0.6) is 28.7 Å². The Morgan fingerprint density at radius 2 is 1.44 bits per heavy atom. The molecule has 0 spiro atoms. The number of allylic oxidation sites excluding steroid dienone is 1. The molecule has 214 valence electrons. The molecule has 9 nitrogen and oxygen atoms in total. The van der Waals surface area contributed by atoms with E-state index in [0.29, 0.717) is 40.0 Å². The number of hydrogen-bond acceptors (Lipinski definition) is 8. The number of anilines is 2. The Bertz CT molecular complexity index is 1490. The van der Waals surface area contributed by atoms with E-state index < -0.39 is 12.0 Å². The first-order valence-electron chi connectivity index (χ1n) is 13.3. The van der Waals surface area contributed by atoms with Gasteiger partial charge in [-0.2, -0.15) is 0 Å². The standard InChI is InChI=1S/C32H34N2O7/c1-18(35)34-24-10-8-7-9-22(24)33-23-13-20(19-11-12-26(37-2)27(15-19)38-3)14-25(36)30(23)31(34)21-16-28(39-4)32(41-6)29(17-21)40-5/h7-13,15-17,20,30-31,33H,14H2,1-6H3/t20-,30+,31-/m0/s1. The molecular formula is C32H34N2O7. The Morgan fingerprint density at radius 3 is 2.05 bits per heavy atom. The summed E-state index contributed by atoms with van der Waals surface area (Å²) < 4.78 is 27.7. The van der Waals surface area contributed by atoms with Gasteiger partial charge < -0.3 is 33.9 Å². The van der Waals surface area contributed by atoms with E-state index in [9.17, 15) is 9.59 Å². The van der Waals surface area contributed by atoms with Gasteiger partial charge in [-0.25, -0.2) is 0 Å². The number of hydrogen-bond donors (Lipinski definition) is 1. The maximum atomic E-state index is 14.2. The van der Waals surface area contributed by atoms with Crippen LogP contribution in [-0.2, 0) is 9.59 Å². The van der Waals surface area contributed by atoms with Crippen LogP contribution in [0.1, 0.15) is 36.4 Å². The summed E-state index contributed by atoms with van der Waals surface area (Å²) in [4.78, 5) is 29.3. The molecule has 1 aliphatic heterocycles. The summed E-state index contributed by atoms with van der Waals surface area (Å²) in [6, 6.07) is 16.2. The SMILES string of the molecule is COc1ccc([C@H]2C=C3Nc4ccccc4N(C(C)=O)[C@@H](c4cc(OC)c(OC)c(OC)c4)[C@H]3C(=O)C2)cc1OC. The molecule has 0 aromatic heterocycles. The number of amides is 1. The summed E-state index contributed by atoms with van der Waals surface area (Å²) >= 11 is 0. The summed E-state index contributed by atoms with van der Waals surface area (Å²) in [5.41, 5.74) is 3.73. The highest BCUT2D eigenvalue weighted by Gasteiger charge is 2.45. The Morgan fingerprint density at radius 1 is 0.805 bits per heavy atom. The van der Waals surface area contributed by atoms with E-state index in [0.717, 1.165) is 16.9 Å². The summed E-state index contributed by atoms with van der Waals surface area (Å²) in [7, 11) is 7.79. The normalized spacial score (nSPS) is 19.6. The second-order valence-electron chi connectivity index (χ2n) is 9.93. The second kappa shape index (κ2) is 11.4. The molecule has 3 aromatic rings. The fourth-order valence-electron chi connectivity index (χ4n) is 5.88. The van der Waals surface area contributed by atoms with Crippen LogP contribution in [0, 0.1) is 5.92 Å². The van der Waals surface area contributed by atoms with Gasteiger partial charge in [0.15, 0.2) is 23.0 Å². The molecule has 0 bridgehead atoms. The smallest absolute Gasteiger partial charge is 0.224 e. The van der Waals surface area contributed by atoms with Gasteiger partial charge in [-0.1, -0.05) is 24.3 Å². The van der Waals surface area contributed by atoms with E-state index in [1.165, 1.54) is 14.0 Å². The van der Waals surface area contributed by atoms with Crippen LogP contribution in [0.25, 0.3) is 0 Å². The lowest BCUT2D eigenvalue weighted by atomic mass is 9.76. The van der Waals surface area contributed by atoms with Gasteiger partial charge >= 0.3 is 0 Å². The van der Waals surface area contributed by atoms with Crippen molar-refractivity contribution in [3.05, 3.63) is 77.5 Å². The quantitative estimate of drug-likeness (QED) is 0.406. The van der Waals surface area contributed by atoms with E-state index in [1.807, 2.05) is 42.5 Å². The van der Waals surface area contributed by atoms with E-state index in [-0.39, 0.29) is 24.0 Å². The van der Waals surface area contributed by atoms with Gasteiger partial charge in [0.2, 0.25) is 11.7 Å². The van der Waals surface area contributed by atoms with Crippen LogP contribution in [0.3, 0.4) is 0 Å². The van der Waals surface area contributed by atoms with Crippen molar-refractivity contribution in [3.8, 4) is 28.7 Å². The fourth-order valence-corrected chi connectivity index (χ4v) is 5.88. The molecule has 41 heavy (non-hydrogen) atoms. The predicted octanol–water partition coefficient (Wildman–Crippen LogP) is 5.51. The van der Waals surface area contributed by atoms with Crippen LogP contribution >= 0.6 is 0 Å². The van der Waals surface area contributed by atoms with Gasteiger partial charge in [-0.15, -0.1) is 0 Å². The van der Waals surface area contributed by atoms with Crippen molar-refractivity contribution in [1.82, 2.24) is 0 Å². The topological polar surface area (TPSA) is 95.6 Å². The average Bonchev–Trinajstić information content (AvgIpc) is 3.14. The number of carbonyl (C=O) groups excluding carboxylic acids is 2. The van der Waals surface area contributed by atoms with Crippen LogP contribution in [0.4, 0.5) is 11.4 Å². The van der Waals surface area contributed by atoms with Crippen molar-refractivity contribution in [1.29, 1.82) is 0 Å². The zero-order valence-corrected chi connectivity index (χ0v) is 24.0. The van der Waals surface area contributed by atoms with Crippen molar-refractivity contribution in [3.63, 3.8) is 0 Å². The highest BCUT2D eigenvalue weighted by atomic mass is 16.5. The Labute approximate surface area is 239 Å². The molecule has 0 saturated heterocycles. The first-order valence-corrected chi connectivity index (χ1v) is 13.3. The van der Waals surface area contributed by atoms with Gasteiger partial charge in [-0.3, -0.25) is 9.59 Å². The molecule has 1 amide bonds. The molecular weight excluding hydrogens is 524 g/mol. The van der Waals surface area contributed by atoms with Crippen molar-refractivity contribution < 1.29 is 33.3 Å². The molecule has 1 heterocycles. The number of ketones is 1. The van der Waals surface area contributed by atoms with E-state index >= 15 is 0 Å². The second-order valence-corrected chi connectivity index (χ2v) is 9.93. The number of carbonyl (C=O) groups is 2. The molecule has 0 fully saturated rings. The molecule has 0 saturated carbocycles. The Balaban J connectivity index is 1.72. The van der Waals surface area contributed by atoms with E-state index in [2.05, 4.69) is 11.4 Å². The molecule has 9 heteroatoms. The van der Waals surface area contributed by atoms with Crippen LogP contribution in [0.15, 0.2) is 66.4 Å². The Hall–Kier alpha value is -4.66. The van der Waals surface area contributed by atoms with Crippen molar-refractivity contribution in [2.75, 3.05) is 45.8 Å². The molecule has 3 atom stereocenters. The van der Waals surface area contributed by atoms with Gasteiger partial charge in [0, 0.05) is 25.0 Å². The molecule has 1 aliphatic carbocycles. The minimum absolute atomic E-state index is 0.00686. The van der Waals surface area contributed by atoms with Crippen molar-refractivity contribution in [2.45, 2.75) is 25.3 Å². The lowest BCUT2D eigenvalue weighted by Crippen LogP contribution is -2.41. The first kappa shape index (κ1) is 27.9. The first-order chi connectivity index (χ1) is 19.8. The van der Waals surface area contributed by atoms with Gasteiger partial charge in [-0.05, 0) is 47.5 Å². The van der Waals surface area contributed by atoms with Crippen LogP contribution < -0.4 is 33.9 Å². The molecule has 2 aliphatic rings. The summed E-state index contributed by atoms with van der Waals surface area (Å²) in [6.45, 7) is 1.51. The van der Waals surface area contributed by atoms with Crippen molar-refractivity contribution >= 4 is 23.1 Å². The lowest BCUT2D eigenvalue weighted by molar-refractivity contribution is -0.123. The molecule has 5 rings (SSSR count). The molecule has 3 aromatic carbocycles. The summed E-state index contributed by atoms with van der Waals surface area (Å²) in [5.74, 6) is 1.42. The third-order valence-corrected chi connectivity index (χ3v) is 7.72. The Kier molecular flexibility index (Phi) is 7.79. The average molecular weight is 559 g/mol. The number of nitrogens with one attached hydrogen (secondary N) is 1. The third kappa shape index (κ3) is 4.92. The van der Waals surface area contributed by atoms with E-state index in [4.69, 9.17) is 23.7 Å². The highest BCUT2D eigenvalue weighted by Crippen LogP contribution is 2.50. The largest absolute Gasteiger partial charge is 0.493 e. The number of methoxy groups -OCH3 is 5. The van der Waals surface area contributed by atoms with Gasteiger partial charge in [0.05, 0.1) is 58.9 Å². The predicted molar refractivity (Wildman–Crippen MR) is 156 cm³/mol. The third-order valence-electron chi connectivity index (χ3n) is 7.72. The maximum Gasteiger partial charge on any atom is 0.224 e. The maximum absolute atomic E-state index is 14.2. The number of fused-ring (bicyclic) bond motifs is 2. The lowest BCUT2D eigenvalue weighted by Gasteiger charge is -2.37. The minimum Gasteiger partial charge on any atom is -0.493 e. The number of para-hydroxylation sites is 2. The number of ether oxygens (including phenoxy) is 5. The van der Waals surface area contributed by atoms with E-state index in [1.54, 1.807) is 45.5 Å². The highest BCUT2D eigenvalue weighted by molar-refractivity contribution is 6.00. The summed E-state index contributed by atoms with van der Waals surface area (Å²) in [5, 5.41) is 3.51. The minimum atomic E-state index is -0.678. The van der Waals surface area contributed by atoms with Crippen LogP contribution in [0.2, 0.25) is 0 Å². The molecule has 0 unspecified atom stereocenters. The van der Waals surface area contributed by atoms with Crippen LogP contribution in [-0.4, -0.2) is 47.2 Å². The number of rotatable bonds is 7. The van der Waals surface area contributed by atoms with Gasteiger partial charge in [0.1, 0.15) is 5.78 Å². The van der Waals surface area contributed by atoms with Crippen molar-refractivity contribution in [2.24, 2.45) is 5.92 Å². The zero-order chi connectivity index (χ0) is 29.3. The number of benzene rings is 3. The molecule has 1 N–H and O–H groups in total. The molecule has 0 radical (unpaired) electrons. The van der Waals surface area contributed by atoms with Gasteiger partial charge in [0.25, 0.3) is 0 Å². The fraction of sp³-hybridized carbons (Fsp3) is 0.312. The zero-order valence-electron chi connectivity index (χ0n) is 24.0. The monoisotopic (exact) mass is 558 g/mol. The summed E-state index contributed by atoms with van der Waals surface area (Å²) in [6.07, 6.45) is 2.33.